The Kier molecular flexibility index (Phi) is 3.24. The SMILES string of the molecule is NC(=S)c1ccc(C(=O)N2CC3CCC(C2)O3)cc1. The van der Waals surface area contributed by atoms with Crippen LogP contribution in [0.4, 0.5) is 0 Å². The normalized spacial score (nSPS) is 25.4. The highest BCUT2D eigenvalue weighted by Crippen LogP contribution is 2.27. The molecule has 2 heterocycles. The number of hydrogen-bond acceptors (Lipinski definition) is 3. The number of thiocarbonyl (C=S) groups is 1. The summed E-state index contributed by atoms with van der Waals surface area (Å²) < 4.78 is 5.74. The fraction of sp³-hybridized carbons (Fsp3) is 0.429. The van der Waals surface area contributed by atoms with Crippen LogP contribution in [0.1, 0.15) is 28.8 Å². The van der Waals surface area contributed by atoms with Crippen LogP contribution in [0, 0.1) is 0 Å². The predicted molar refractivity (Wildman–Crippen MR) is 76.1 cm³/mol. The van der Waals surface area contributed by atoms with Crippen LogP contribution in [0.25, 0.3) is 0 Å². The second-order valence-corrected chi connectivity index (χ2v) is 5.55. The minimum absolute atomic E-state index is 0.0645. The van der Waals surface area contributed by atoms with Crippen molar-refractivity contribution in [3.8, 4) is 0 Å². The van der Waals surface area contributed by atoms with Crippen LogP contribution >= 0.6 is 12.2 Å². The van der Waals surface area contributed by atoms with Gasteiger partial charge < -0.3 is 15.4 Å². The quantitative estimate of drug-likeness (QED) is 0.828. The molecule has 0 aliphatic carbocycles. The summed E-state index contributed by atoms with van der Waals surface area (Å²) in [4.78, 5) is 14.6. The first-order chi connectivity index (χ1) is 9.13. The van der Waals surface area contributed by atoms with E-state index in [0.717, 1.165) is 18.4 Å². The van der Waals surface area contributed by atoms with Gasteiger partial charge in [-0.25, -0.2) is 0 Å². The highest BCUT2D eigenvalue weighted by atomic mass is 32.1. The Hall–Kier alpha value is -1.46. The molecule has 1 amide bonds. The molecule has 1 aromatic carbocycles. The molecule has 2 unspecified atom stereocenters. The number of ether oxygens (including phenoxy) is 1. The third-order valence-corrected chi connectivity index (χ3v) is 3.98. The molecule has 5 heteroatoms. The van der Waals surface area contributed by atoms with Crippen LogP contribution in [0.5, 0.6) is 0 Å². The molecule has 19 heavy (non-hydrogen) atoms. The number of fused-ring (bicyclic) bond motifs is 2. The van der Waals surface area contributed by atoms with E-state index in [4.69, 9.17) is 22.7 Å². The second kappa shape index (κ2) is 4.90. The average Bonchev–Trinajstić information content (AvgIpc) is 2.76. The predicted octanol–water partition coefficient (Wildman–Crippen LogP) is 1.32. The van der Waals surface area contributed by atoms with Crippen molar-refractivity contribution in [3.63, 3.8) is 0 Å². The summed E-state index contributed by atoms with van der Waals surface area (Å²) in [5.74, 6) is 0.0645. The molecule has 2 aliphatic heterocycles. The maximum absolute atomic E-state index is 12.4. The number of carbonyl (C=O) groups excluding carboxylic acids is 1. The van der Waals surface area contributed by atoms with Gasteiger partial charge in [0.25, 0.3) is 5.91 Å². The number of benzene rings is 1. The van der Waals surface area contributed by atoms with Crippen molar-refractivity contribution in [3.05, 3.63) is 35.4 Å². The van der Waals surface area contributed by atoms with E-state index in [1.54, 1.807) is 24.3 Å². The van der Waals surface area contributed by atoms with Gasteiger partial charge in [0.15, 0.2) is 0 Å². The van der Waals surface area contributed by atoms with E-state index >= 15 is 0 Å². The number of rotatable bonds is 2. The third kappa shape index (κ3) is 2.48. The van der Waals surface area contributed by atoms with E-state index in [1.165, 1.54) is 0 Å². The summed E-state index contributed by atoms with van der Waals surface area (Å²) in [7, 11) is 0. The molecule has 2 saturated heterocycles. The Morgan fingerprint density at radius 1 is 1.16 bits per heavy atom. The lowest BCUT2D eigenvalue weighted by molar-refractivity contribution is -0.0303. The molecule has 3 rings (SSSR count). The van der Waals surface area contributed by atoms with Crippen LogP contribution in [-0.4, -0.2) is 41.1 Å². The highest BCUT2D eigenvalue weighted by molar-refractivity contribution is 7.80. The number of nitrogens with two attached hydrogens (primary N) is 1. The standard InChI is InChI=1S/C14H16N2O2S/c15-13(19)9-1-3-10(4-2-9)14(17)16-7-11-5-6-12(8-16)18-11/h1-4,11-12H,5-8H2,(H2,15,19). The van der Waals surface area contributed by atoms with Crippen molar-refractivity contribution in [2.24, 2.45) is 5.73 Å². The van der Waals surface area contributed by atoms with Gasteiger partial charge in [-0.2, -0.15) is 0 Å². The molecule has 0 radical (unpaired) electrons. The molecule has 2 aliphatic rings. The third-order valence-electron chi connectivity index (χ3n) is 3.75. The molecule has 0 spiro atoms. The van der Waals surface area contributed by atoms with Crippen LogP contribution in [-0.2, 0) is 4.74 Å². The van der Waals surface area contributed by atoms with E-state index in [9.17, 15) is 4.79 Å². The summed E-state index contributed by atoms with van der Waals surface area (Å²) in [5.41, 5.74) is 7.01. The topological polar surface area (TPSA) is 55.6 Å². The second-order valence-electron chi connectivity index (χ2n) is 5.11. The number of nitrogens with zero attached hydrogens (tertiary/aromatic N) is 1. The summed E-state index contributed by atoms with van der Waals surface area (Å²) in [6, 6.07) is 7.16. The van der Waals surface area contributed by atoms with Gasteiger partial charge in [-0.3, -0.25) is 4.79 Å². The molecule has 100 valence electrons. The molecule has 2 N–H and O–H groups in total. The molecular formula is C14H16N2O2S. The monoisotopic (exact) mass is 276 g/mol. The first kappa shape index (κ1) is 12.6. The Labute approximate surface area is 117 Å². The Morgan fingerprint density at radius 3 is 2.21 bits per heavy atom. The number of morpholine rings is 1. The summed E-state index contributed by atoms with van der Waals surface area (Å²) in [6.45, 7) is 1.40. The molecule has 1 aromatic rings. The molecule has 0 saturated carbocycles. The number of likely N-dealkylation sites (tertiary alicyclic amines) is 1. The molecule has 2 atom stereocenters. The lowest BCUT2D eigenvalue weighted by Gasteiger charge is -2.32. The largest absolute Gasteiger partial charge is 0.389 e. The molecule has 0 aromatic heterocycles. The van der Waals surface area contributed by atoms with Crippen molar-refractivity contribution in [1.29, 1.82) is 0 Å². The fourth-order valence-electron chi connectivity index (χ4n) is 2.74. The van der Waals surface area contributed by atoms with E-state index in [2.05, 4.69) is 0 Å². The number of carbonyl (C=O) groups is 1. The Bertz CT molecular complexity index is 503. The molecular weight excluding hydrogens is 260 g/mol. The summed E-state index contributed by atoms with van der Waals surface area (Å²) >= 11 is 4.90. The number of amides is 1. The van der Waals surface area contributed by atoms with Gasteiger partial charge in [-0.1, -0.05) is 24.4 Å². The van der Waals surface area contributed by atoms with E-state index in [0.29, 0.717) is 23.6 Å². The van der Waals surface area contributed by atoms with E-state index in [-0.39, 0.29) is 18.1 Å². The van der Waals surface area contributed by atoms with E-state index in [1.807, 2.05) is 4.90 Å². The molecule has 4 nitrogen and oxygen atoms in total. The lowest BCUT2D eigenvalue weighted by atomic mass is 10.1. The fourth-order valence-corrected chi connectivity index (χ4v) is 2.88. The zero-order chi connectivity index (χ0) is 13.4. The van der Waals surface area contributed by atoms with Gasteiger partial charge in [-0.15, -0.1) is 0 Å². The van der Waals surface area contributed by atoms with Crippen molar-refractivity contribution < 1.29 is 9.53 Å². The maximum Gasteiger partial charge on any atom is 0.254 e. The van der Waals surface area contributed by atoms with Gasteiger partial charge in [0.2, 0.25) is 0 Å². The van der Waals surface area contributed by atoms with Crippen molar-refractivity contribution >= 4 is 23.1 Å². The van der Waals surface area contributed by atoms with Crippen LogP contribution in [0.2, 0.25) is 0 Å². The average molecular weight is 276 g/mol. The van der Waals surface area contributed by atoms with Crippen LogP contribution < -0.4 is 5.73 Å². The van der Waals surface area contributed by atoms with Gasteiger partial charge in [-0.05, 0) is 25.0 Å². The number of hydrogen-bond donors (Lipinski definition) is 1. The zero-order valence-electron chi connectivity index (χ0n) is 10.5. The van der Waals surface area contributed by atoms with Crippen molar-refractivity contribution in [1.82, 2.24) is 4.90 Å². The minimum Gasteiger partial charge on any atom is -0.389 e. The highest BCUT2D eigenvalue weighted by Gasteiger charge is 2.35. The summed E-state index contributed by atoms with van der Waals surface area (Å²) in [6.07, 6.45) is 2.57. The minimum atomic E-state index is 0.0645. The maximum atomic E-state index is 12.4. The summed E-state index contributed by atoms with van der Waals surface area (Å²) in [5, 5.41) is 0. The first-order valence-corrected chi connectivity index (χ1v) is 6.89. The first-order valence-electron chi connectivity index (χ1n) is 6.48. The molecule has 2 fully saturated rings. The van der Waals surface area contributed by atoms with Gasteiger partial charge in [0.1, 0.15) is 4.99 Å². The van der Waals surface area contributed by atoms with Gasteiger partial charge in [0, 0.05) is 24.2 Å². The van der Waals surface area contributed by atoms with Crippen LogP contribution in [0.3, 0.4) is 0 Å². The van der Waals surface area contributed by atoms with Crippen molar-refractivity contribution in [2.75, 3.05) is 13.1 Å². The van der Waals surface area contributed by atoms with Gasteiger partial charge >= 0.3 is 0 Å². The zero-order valence-corrected chi connectivity index (χ0v) is 11.4. The smallest absolute Gasteiger partial charge is 0.254 e. The lowest BCUT2D eigenvalue weighted by Crippen LogP contribution is -2.45. The van der Waals surface area contributed by atoms with Crippen LogP contribution in [0.15, 0.2) is 24.3 Å². The van der Waals surface area contributed by atoms with Gasteiger partial charge in [0.05, 0.1) is 12.2 Å². The van der Waals surface area contributed by atoms with Crippen molar-refractivity contribution in [2.45, 2.75) is 25.0 Å². The Morgan fingerprint density at radius 2 is 1.68 bits per heavy atom. The Balaban J connectivity index is 1.74. The molecule has 2 bridgehead atoms. The van der Waals surface area contributed by atoms with E-state index < -0.39 is 0 Å².